The number of amides is 1. The molecule has 0 bridgehead atoms. The molecule has 15 heavy (non-hydrogen) atoms. The van der Waals surface area contributed by atoms with Crippen molar-refractivity contribution in [3.05, 3.63) is 30.1 Å². The van der Waals surface area contributed by atoms with E-state index in [0.717, 1.165) is 6.42 Å². The summed E-state index contributed by atoms with van der Waals surface area (Å²) in [4.78, 5) is 15.5. The Morgan fingerprint density at radius 3 is 3.00 bits per heavy atom. The van der Waals surface area contributed by atoms with E-state index in [1.54, 1.807) is 24.4 Å². The summed E-state index contributed by atoms with van der Waals surface area (Å²) in [6, 6.07) is 5.28. The predicted octanol–water partition coefficient (Wildman–Crippen LogP) is 0.972. The number of nitrogens with one attached hydrogen (secondary N) is 1. The van der Waals surface area contributed by atoms with Crippen LogP contribution in [0.4, 0.5) is 0 Å². The van der Waals surface area contributed by atoms with Gasteiger partial charge >= 0.3 is 0 Å². The van der Waals surface area contributed by atoms with Gasteiger partial charge in [0.25, 0.3) is 5.91 Å². The van der Waals surface area contributed by atoms with Crippen molar-refractivity contribution in [1.82, 2.24) is 10.3 Å². The van der Waals surface area contributed by atoms with Gasteiger partial charge in [-0.25, -0.2) is 0 Å². The quantitative estimate of drug-likeness (QED) is 0.758. The van der Waals surface area contributed by atoms with Gasteiger partial charge in [-0.05, 0) is 31.9 Å². The van der Waals surface area contributed by atoms with Crippen molar-refractivity contribution in [3.63, 3.8) is 0 Å². The van der Waals surface area contributed by atoms with Gasteiger partial charge < -0.3 is 10.4 Å². The predicted molar refractivity (Wildman–Crippen MR) is 57.5 cm³/mol. The van der Waals surface area contributed by atoms with Crippen LogP contribution in [0.1, 0.15) is 30.3 Å². The molecular weight excluding hydrogens is 192 g/mol. The molecule has 0 aliphatic heterocycles. The van der Waals surface area contributed by atoms with E-state index in [1.807, 2.05) is 6.92 Å². The summed E-state index contributed by atoms with van der Waals surface area (Å²) >= 11 is 0. The van der Waals surface area contributed by atoms with Gasteiger partial charge in [0.15, 0.2) is 0 Å². The second-order valence-electron chi connectivity index (χ2n) is 3.46. The summed E-state index contributed by atoms with van der Waals surface area (Å²) < 4.78 is 0. The Morgan fingerprint density at radius 1 is 1.60 bits per heavy atom. The first-order valence-corrected chi connectivity index (χ1v) is 5.07. The average molecular weight is 208 g/mol. The van der Waals surface area contributed by atoms with E-state index in [4.69, 9.17) is 5.11 Å². The molecule has 1 heterocycles. The van der Waals surface area contributed by atoms with Crippen LogP contribution in [-0.2, 0) is 0 Å². The number of aliphatic hydroxyl groups excluding tert-OH is 1. The summed E-state index contributed by atoms with van der Waals surface area (Å²) in [6.45, 7) is 2.07. The van der Waals surface area contributed by atoms with Gasteiger partial charge in [0.05, 0.1) is 0 Å². The normalized spacial score (nSPS) is 12.1. The van der Waals surface area contributed by atoms with Crippen LogP contribution in [0.2, 0.25) is 0 Å². The van der Waals surface area contributed by atoms with Crippen LogP contribution in [0, 0.1) is 0 Å². The first kappa shape index (κ1) is 11.7. The number of hydrogen-bond donors (Lipinski definition) is 2. The molecule has 1 unspecified atom stereocenters. The highest BCUT2D eigenvalue weighted by atomic mass is 16.2. The van der Waals surface area contributed by atoms with E-state index >= 15 is 0 Å². The van der Waals surface area contributed by atoms with Crippen LogP contribution >= 0.6 is 0 Å². The number of nitrogens with zero attached hydrogens (tertiary/aromatic N) is 1. The fourth-order valence-corrected chi connectivity index (χ4v) is 1.26. The average Bonchev–Trinajstić information content (AvgIpc) is 2.27. The minimum Gasteiger partial charge on any atom is -0.396 e. The lowest BCUT2D eigenvalue weighted by molar-refractivity contribution is 0.0931. The van der Waals surface area contributed by atoms with Gasteiger partial charge in [0.1, 0.15) is 5.69 Å². The zero-order chi connectivity index (χ0) is 11.1. The summed E-state index contributed by atoms with van der Waals surface area (Å²) in [5.41, 5.74) is 0.424. The first-order valence-electron chi connectivity index (χ1n) is 5.07. The van der Waals surface area contributed by atoms with E-state index in [2.05, 4.69) is 10.3 Å². The van der Waals surface area contributed by atoms with Crippen molar-refractivity contribution in [2.24, 2.45) is 0 Å². The maximum absolute atomic E-state index is 11.6. The van der Waals surface area contributed by atoms with Gasteiger partial charge in [-0.15, -0.1) is 0 Å². The second-order valence-corrected chi connectivity index (χ2v) is 3.46. The molecule has 4 nitrogen and oxygen atoms in total. The van der Waals surface area contributed by atoms with E-state index in [-0.39, 0.29) is 18.6 Å². The fourth-order valence-electron chi connectivity index (χ4n) is 1.26. The molecule has 0 aliphatic rings. The minimum absolute atomic E-state index is 0.0617. The van der Waals surface area contributed by atoms with E-state index in [0.29, 0.717) is 12.1 Å². The molecule has 0 spiro atoms. The van der Waals surface area contributed by atoms with Crippen molar-refractivity contribution in [3.8, 4) is 0 Å². The Labute approximate surface area is 89.3 Å². The van der Waals surface area contributed by atoms with E-state index in [1.165, 1.54) is 0 Å². The molecule has 0 aromatic carbocycles. The number of aliphatic hydroxyl groups is 1. The Bertz CT molecular complexity index is 301. The Balaban J connectivity index is 2.42. The van der Waals surface area contributed by atoms with Crippen LogP contribution in [0.3, 0.4) is 0 Å². The molecule has 4 heteroatoms. The molecule has 82 valence electrons. The standard InChI is InChI=1S/C11H16N2O2/c1-9(5-4-8-14)13-11(15)10-6-2-3-7-12-10/h2-3,6-7,9,14H,4-5,8H2,1H3,(H,13,15). The van der Waals surface area contributed by atoms with Crippen molar-refractivity contribution in [2.75, 3.05) is 6.61 Å². The van der Waals surface area contributed by atoms with Gasteiger partial charge in [0.2, 0.25) is 0 Å². The highest BCUT2D eigenvalue weighted by Gasteiger charge is 2.09. The third-order valence-electron chi connectivity index (χ3n) is 2.07. The van der Waals surface area contributed by atoms with Crippen molar-refractivity contribution in [1.29, 1.82) is 0 Å². The van der Waals surface area contributed by atoms with Crippen LogP contribution in [-0.4, -0.2) is 28.6 Å². The third kappa shape index (κ3) is 4.08. The van der Waals surface area contributed by atoms with Crippen molar-refractivity contribution in [2.45, 2.75) is 25.8 Å². The third-order valence-corrected chi connectivity index (χ3v) is 2.07. The monoisotopic (exact) mass is 208 g/mol. The number of aromatic nitrogens is 1. The molecule has 0 saturated carbocycles. The highest BCUT2D eigenvalue weighted by Crippen LogP contribution is 1.98. The molecule has 0 saturated heterocycles. The van der Waals surface area contributed by atoms with Gasteiger partial charge in [0, 0.05) is 18.8 Å². The number of rotatable bonds is 5. The zero-order valence-corrected chi connectivity index (χ0v) is 8.81. The molecule has 1 atom stereocenters. The van der Waals surface area contributed by atoms with Crippen LogP contribution in [0.15, 0.2) is 24.4 Å². The lowest BCUT2D eigenvalue weighted by atomic mass is 10.2. The van der Waals surface area contributed by atoms with E-state index < -0.39 is 0 Å². The Morgan fingerprint density at radius 2 is 2.40 bits per heavy atom. The molecule has 0 radical (unpaired) electrons. The van der Waals surface area contributed by atoms with Crippen molar-refractivity contribution >= 4 is 5.91 Å². The smallest absolute Gasteiger partial charge is 0.270 e. The Kier molecular flexibility index (Phi) is 4.77. The minimum atomic E-state index is -0.166. The number of carbonyl (C=O) groups is 1. The fraction of sp³-hybridized carbons (Fsp3) is 0.455. The first-order chi connectivity index (χ1) is 7.24. The second kappa shape index (κ2) is 6.14. The lowest BCUT2D eigenvalue weighted by Crippen LogP contribution is -2.33. The molecule has 0 fully saturated rings. The van der Waals surface area contributed by atoms with E-state index in [9.17, 15) is 4.79 Å². The molecule has 1 amide bonds. The van der Waals surface area contributed by atoms with Crippen LogP contribution < -0.4 is 5.32 Å². The molecule has 1 aromatic heterocycles. The largest absolute Gasteiger partial charge is 0.396 e. The van der Waals surface area contributed by atoms with Gasteiger partial charge in [-0.3, -0.25) is 9.78 Å². The number of carbonyl (C=O) groups excluding carboxylic acids is 1. The summed E-state index contributed by atoms with van der Waals surface area (Å²) in [7, 11) is 0. The molecule has 0 aliphatic carbocycles. The maximum atomic E-state index is 11.6. The van der Waals surface area contributed by atoms with Crippen molar-refractivity contribution < 1.29 is 9.90 Å². The maximum Gasteiger partial charge on any atom is 0.270 e. The Hall–Kier alpha value is -1.42. The zero-order valence-electron chi connectivity index (χ0n) is 8.81. The number of pyridine rings is 1. The summed E-state index contributed by atoms with van der Waals surface area (Å²) in [5, 5.41) is 11.5. The highest BCUT2D eigenvalue weighted by molar-refractivity contribution is 5.92. The lowest BCUT2D eigenvalue weighted by Gasteiger charge is -2.12. The van der Waals surface area contributed by atoms with Gasteiger partial charge in [-0.1, -0.05) is 6.07 Å². The summed E-state index contributed by atoms with van der Waals surface area (Å²) in [6.07, 6.45) is 3.06. The molecule has 2 N–H and O–H groups in total. The molecular formula is C11H16N2O2. The summed E-state index contributed by atoms with van der Waals surface area (Å²) in [5.74, 6) is -0.166. The number of hydrogen-bond acceptors (Lipinski definition) is 3. The molecule has 1 rings (SSSR count). The van der Waals surface area contributed by atoms with Gasteiger partial charge in [-0.2, -0.15) is 0 Å². The SMILES string of the molecule is CC(CCCO)NC(=O)c1ccccn1. The topological polar surface area (TPSA) is 62.2 Å². The van der Waals surface area contributed by atoms with Crippen LogP contribution in [0.25, 0.3) is 0 Å². The molecule has 1 aromatic rings. The van der Waals surface area contributed by atoms with Crippen LogP contribution in [0.5, 0.6) is 0 Å².